The Morgan fingerprint density at radius 3 is 2.60 bits per heavy atom. The second-order valence-corrected chi connectivity index (χ2v) is 4.63. The maximum atomic E-state index is 12.1. The van der Waals surface area contributed by atoms with E-state index in [9.17, 15) is 18.0 Å². The molecule has 1 rings (SSSR count). The van der Waals surface area contributed by atoms with E-state index in [1.807, 2.05) is 24.3 Å². The molecule has 0 aliphatic rings. The molecule has 0 heterocycles. The normalized spacial score (nSPS) is 11.7. The monoisotopic (exact) mass is 289 g/mol. The lowest BCUT2D eigenvalue weighted by Crippen LogP contribution is -2.30. The van der Waals surface area contributed by atoms with Crippen LogP contribution in [0.15, 0.2) is 24.3 Å². The van der Waals surface area contributed by atoms with Crippen LogP contribution in [0.5, 0.6) is 0 Å². The zero-order valence-corrected chi connectivity index (χ0v) is 11.4. The summed E-state index contributed by atoms with van der Waals surface area (Å²) in [5.74, 6) is -1.96. The Labute approximate surface area is 116 Å². The molecule has 0 bridgehead atoms. The molecule has 1 aromatic carbocycles. The van der Waals surface area contributed by atoms with Crippen molar-refractivity contribution >= 4 is 11.6 Å². The van der Waals surface area contributed by atoms with Crippen LogP contribution in [0, 0.1) is 0 Å². The van der Waals surface area contributed by atoms with Crippen molar-refractivity contribution in [2.45, 2.75) is 12.7 Å². The molecule has 0 aromatic heterocycles. The van der Waals surface area contributed by atoms with Gasteiger partial charge in [-0.25, -0.2) is 0 Å². The van der Waals surface area contributed by atoms with Crippen molar-refractivity contribution < 1.29 is 18.0 Å². The predicted molar refractivity (Wildman–Crippen MR) is 71.4 cm³/mol. The number of likely N-dealkylation sites (N-methyl/N-ethyl adjacent to an activating group) is 1. The van der Waals surface area contributed by atoms with Gasteiger partial charge in [-0.05, 0) is 31.8 Å². The van der Waals surface area contributed by atoms with E-state index in [4.69, 9.17) is 0 Å². The fourth-order valence-corrected chi connectivity index (χ4v) is 1.50. The van der Waals surface area contributed by atoms with Crippen molar-refractivity contribution in [2.75, 3.05) is 32.5 Å². The van der Waals surface area contributed by atoms with Crippen LogP contribution in [0.25, 0.3) is 0 Å². The molecule has 2 N–H and O–H groups in total. The molecule has 0 fully saturated rings. The predicted octanol–water partition coefficient (Wildman–Crippen LogP) is 1.84. The van der Waals surface area contributed by atoms with E-state index < -0.39 is 12.1 Å². The molecule has 0 aliphatic carbocycles. The minimum Gasteiger partial charge on any atom is -0.318 e. The van der Waals surface area contributed by atoms with Crippen molar-refractivity contribution in [3.05, 3.63) is 29.8 Å². The van der Waals surface area contributed by atoms with Crippen LogP contribution in [0.4, 0.5) is 18.9 Å². The largest absolute Gasteiger partial charge is 0.471 e. The number of rotatable bonds is 6. The van der Waals surface area contributed by atoms with Crippen LogP contribution >= 0.6 is 0 Å². The quantitative estimate of drug-likeness (QED) is 0.785. The number of halogens is 3. The Balaban J connectivity index is 2.51. The summed E-state index contributed by atoms with van der Waals surface area (Å²) in [5.41, 5.74) is 0.947. The summed E-state index contributed by atoms with van der Waals surface area (Å²) in [6, 6.07) is 6.33. The van der Waals surface area contributed by atoms with Gasteiger partial charge in [0.1, 0.15) is 0 Å². The third-order valence-electron chi connectivity index (χ3n) is 2.51. The van der Waals surface area contributed by atoms with Gasteiger partial charge in [0.2, 0.25) is 0 Å². The minimum absolute atomic E-state index is 0.138. The highest BCUT2D eigenvalue weighted by Crippen LogP contribution is 2.18. The van der Waals surface area contributed by atoms with E-state index in [0.717, 1.165) is 18.7 Å². The Bertz CT molecular complexity index is 447. The van der Waals surface area contributed by atoms with Crippen molar-refractivity contribution in [3.63, 3.8) is 0 Å². The number of hydrogen-bond donors (Lipinski definition) is 2. The van der Waals surface area contributed by atoms with Crippen LogP contribution in [0.1, 0.15) is 5.56 Å². The first-order valence-electron chi connectivity index (χ1n) is 6.11. The highest BCUT2D eigenvalue weighted by Gasteiger charge is 2.38. The molecule has 112 valence electrons. The van der Waals surface area contributed by atoms with Crippen LogP contribution in [-0.2, 0) is 11.3 Å². The van der Waals surface area contributed by atoms with Gasteiger partial charge in [-0.2, -0.15) is 13.2 Å². The Morgan fingerprint density at radius 1 is 1.30 bits per heavy atom. The molecule has 0 saturated carbocycles. The molecule has 7 heteroatoms. The fourth-order valence-electron chi connectivity index (χ4n) is 1.50. The number of amides is 1. The second-order valence-electron chi connectivity index (χ2n) is 4.63. The zero-order chi connectivity index (χ0) is 15.2. The summed E-state index contributed by atoms with van der Waals surface area (Å²) < 4.78 is 36.4. The van der Waals surface area contributed by atoms with Crippen molar-refractivity contribution in [1.29, 1.82) is 0 Å². The number of nitrogens with one attached hydrogen (secondary N) is 2. The van der Waals surface area contributed by atoms with Crippen molar-refractivity contribution in [3.8, 4) is 0 Å². The van der Waals surface area contributed by atoms with Gasteiger partial charge in [-0.1, -0.05) is 12.1 Å². The van der Waals surface area contributed by atoms with E-state index in [2.05, 4.69) is 5.32 Å². The number of benzene rings is 1. The van der Waals surface area contributed by atoms with Gasteiger partial charge in [-0.3, -0.25) is 4.79 Å². The van der Waals surface area contributed by atoms with E-state index in [-0.39, 0.29) is 5.69 Å². The first-order chi connectivity index (χ1) is 9.29. The van der Waals surface area contributed by atoms with Crippen LogP contribution < -0.4 is 10.6 Å². The molecule has 0 saturated heterocycles. The molecule has 20 heavy (non-hydrogen) atoms. The lowest BCUT2D eigenvalue weighted by Gasteiger charge is -2.11. The standard InChI is InChI=1S/C13H18F3N3O/c1-19(2)7-6-17-9-10-4-3-5-11(8-10)18-12(20)13(14,15)16/h3-5,8,17H,6-7,9H2,1-2H3,(H,18,20). The summed E-state index contributed by atoms with van der Waals surface area (Å²) in [6.45, 7) is 2.17. The molecule has 1 amide bonds. The lowest BCUT2D eigenvalue weighted by molar-refractivity contribution is -0.167. The molecule has 1 aromatic rings. The van der Waals surface area contributed by atoms with Gasteiger partial charge in [0.25, 0.3) is 0 Å². The summed E-state index contributed by atoms with van der Waals surface area (Å²) in [7, 11) is 3.91. The molecular formula is C13H18F3N3O. The van der Waals surface area contributed by atoms with E-state index in [1.54, 1.807) is 12.1 Å². The molecule has 0 radical (unpaired) electrons. The van der Waals surface area contributed by atoms with Gasteiger partial charge in [-0.15, -0.1) is 0 Å². The third-order valence-corrected chi connectivity index (χ3v) is 2.51. The summed E-state index contributed by atoms with van der Waals surface area (Å²) in [4.78, 5) is 12.8. The third kappa shape index (κ3) is 6.03. The highest BCUT2D eigenvalue weighted by molar-refractivity contribution is 5.94. The van der Waals surface area contributed by atoms with Crippen LogP contribution in [0.2, 0.25) is 0 Å². The molecule has 0 spiro atoms. The smallest absolute Gasteiger partial charge is 0.318 e. The Morgan fingerprint density at radius 2 is 2.00 bits per heavy atom. The molecule has 0 aliphatic heterocycles. The average molecular weight is 289 g/mol. The van der Waals surface area contributed by atoms with Gasteiger partial charge >= 0.3 is 12.1 Å². The van der Waals surface area contributed by atoms with Gasteiger partial charge in [0.15, 0.2) is 0 Å². The van der Waals surface area contributed by atoms with Crippen LogP contribution in [0.3, 0.4) is 0 Å². The minimum atomic E-state index is -4.88. The number of anilines is 1. The van der Waals surface area contributed by atoms with E-state index >= 15 is 0 Å². The average Bonchev–Trinajstić information content (AvgIpc) is 2.34. The fraction of sp³-hybridized carbons (Fsp3) is 0.462. The lowest BCUT2D eigenvalue weighted by atomic mass is 10.2. The molecule has 0 unspecified atom stereocenters. The number of hydrogen-bond acceptors (Lipinski definition) is 3. The first kappa shape index (κ1) is 16.5. The summed E-state index contributed by atoms with van der Waals surface area (Å²) in [5, 5.41) is 5.00. The Hall–Kier alpha value is -1.60. The highest BCUT2D eigenvalue weighted by atomic mass is 19.4. The van der Waals surface area contributed by atoms with Crippen molar-refractivity contribution in [1.82, 2.24) is 10.2 Å². The second kappa shape index (κ2) is 7.25. The van der Waals surface area contributed by atoms with Crippen LogP contribution in [-0.4, -0.2) is 44.2 Å². The molecule has 0 atom stereocenters. The number of carbonyl (C=O) groups excluding carboxylic acids is 1. The van der Waals surface area contributed by atoms with E-state index in [1.165, 1.54) is 12.1 Å². The summed E-state index contributed by atoms with van der Waals surface area (Å²) >= 11 is 0. The topological polar surface area (TPSA) is 44.4 Å². The van der Waals surface area contributed by atoms with E-state index in [0.29, 0.717) is 6.54 Å². The number of carbonyl (C=O) groups is 1. The maximum absolute atomic E-state index is 12.1. The van der Waals surface area contributed by atoms with Crippen molar-refractivity contribution in [2.24, 2.45) is 0 Å². The number of nitrogens with zero attached hydrogens (tertiary/aromatic N) is 1. The van der Waals surface area contributed by atoms with Gasteiger partial charge in [0, 0.05) is 25.3 Å². The Kier molecular flexibility index (Phi) is 5.97. The zero-order valence-electron chi connectivity index (χ0n) is 11.4. The summed E-state index contributed by atoms with van der Waals surface area (Å²) in [6.07, 6.45) is -4.88. The van der Waals surface area contributed by atoms with Gasteiger partial charge < -0.3 is 15.5 Å². The maximum Gasteiger partial charge on any atom is 0.471 e. The molecular weight excluding hydrogens is 271 g/mol. The SMILES string of the molecule is CN(C)CCNCc1cccc(NC(=O)C(F)(F)F)c1. The first-order valence-corrected chi connectivity index (χ1v) is 6.11. The van der Waals surface area contributed by atoms with Gasteiger partial charge in [0.05, 0.1) is 0 Å². The number of alkyl halides is 3. The molecule has 4 nitrogen and oxygen atoms in total.